The summed E-state index contributed by atoms with van der Waals surface area (Å²) in [7, 11) is 2.06. The van der Waals surface area contributed by atoms with Crippen molar-refractivity contribution in [3.8, 4) is 5.75 Å². The number of hydrogen-bond acceptors (Lipinski definition) is 3. The molecule has 0 bridgehead atoms. The average molecular weight is 256 g/mol. The third kappa shape index (κ3) is 2.72. The molecule has 1 aromatic carbocycles. The second-order valence-corrected chi connectivity index (χ2v) is 4.69. The van der Waals surface area contributed by atoms with Crippen LogP contribution in [0.2, 0.25) is 0 Å². The number of nitrogens with two attached hydrogens (primary N) is 1. The van der Waals surface area contributed by atoms with E-state index >= 15 is 0 Å². The van der Waals surface area contributed by atoms with E-state index in [1.54, 1.807) is 0 Å². The molecular formula is C13H18F2N2O. The Kier molecular flexibility index (Phi) is 4.01. The second kappa shape index (κ2) is 5.52. The Morgan fingerprint density at radius 2 is 2.22 bits per heavy atom. The fourth-order valence-electron chi connectivity index (χ4n) is 2.33. The molecule has 0 amide bonds. The molecule has 1 fully saturated rings. The lowest BCUT2D eigenvalue weighted by atomic mass is 10.1. The van der Waals surface area contributed by atoms with Crippen LogP contribution in [-0.2, 0) is 0 Å². The van der Waals surface area contributed by atoms with Gasteiger partial charge in [-0.3, -0.25) is 0 Å². The third-order valence-electron chi connectivity index (χ3n) is 3.45. The van der Waals surface area contributed by atoms with Crippen LogP contribution in [0.4, 0.5) is 14.5 Å². The van der Waals surface area contributed by atoms with Crippen LogP contribution in [0.25, 0.3) is 0 Å². The number of likely N-dealkylation sites (tertiary alicyclic amines) is 1. The van der Waals surface area contributed by atoms with Crippen molar-refractivity contribution < 1.29 is 13.5 Å². The summed E-state index contributed by atoms with van der Waals surface area (Å²) in [6.45, 7) is 1.43. The zero-order valence-electron chi connectivity index (χ0n) is 10.5. The van der Waals surface area contributed by atoms with Crippen molar-refractivity contribution in [1.82, 2.24) is 4.90 Å². The summed E-state index contributed by atoms with van der Waals surface area (Å²) < 4.78 is 31.8. The highest BCUT2D eigenvalue weighted by Gasteiger charge is 2.21. The first kappa shape index (κ1) is 13.1. The van der Waals surface area contributed by atoms with Crippen LogP contribution in [0.3, 0.4) is 0 Å². The maximum Gasteiger partial charge on any atom is 0.202 e. The number of hydrogen-bond donors (Lipinski definition) is 1. The Balaban J connectivity index is 1.92. The second-order valence-electron chi connectivity index (χ2n) is 4.69. The molecule has 1 unspecified atom stereocenters. The minimum absolute atomic E-state index is 0.133. The highest BCUT2D eigenvalue weighted by Crippen LogP contribution is 2.27. The fraction of sp³-hybridized carbons (Fsp3) is 0.538. The van der Waals surface area contributed by atoms with E-state index in [4.69, 9.17) is 10.5 Å². The molecule has 3 nitrogen and oxygen atoms in total. The Morgan fingerprint density at radius 3 is 2.89 bits per heavy atom. The van der Waals surface area contributed by atoms with Crippen LogP contribution >= 0.6 is 0 Å². The number of anilines is 1. The molecule has 1 aromatic rings. The van der Waals surface area contributed by atoms with E-state index in [1.165, 1.54) is 12.5 Å². The van der Waals surface area contributed by atoms with Gasteiger partial charge in [0.2, 0.25) is 5.82 Å². The number of nitrogens with zero attached hydrogens (tertiary/aromatic N) is 1. The summed E-state index contributed by atoms with van der Waals surface area (Å²) in [5, 5.41) is 0. The van der Waals surface area contributed by atoms with Crippen molar-refractivity contribution in [3.05, 3.63) is 23.8 Å². The standard InChI is InChI=1S/C13H18F2N2O/c1-17-7-2-3-9(17)6-8-18-13-11(16)5-4-10(14)12(13)15/h4-5,9H,2-3,6-8,16H2,1H3. The van der Waals surface area contributed by atoms with Gasteiger partial charge in [0.05, 0.1) is 12.3 Å². The summed E-state index contributed by atoms with van der Waals surface area (Å²) in [6.07, 6.45) is 3.10. The van der Waals surface area contributed by atoms with Gasteiger partial charge >= 0.3 is 0 Å². The van der Waals surface area contributed by atoms with Crippen LogP contribution in [-0.4, -0.2) is 31.1 Å². The van der Waals surface area contributed by atoms with Gasteiger partial charge in [0.1, 0.15) is 0 Å². The average Bonchev–Trinajstić information content (AvgIpc) is 2.74. The van der Waals surface area contributed by atoms with Crippen LogP contribution in [0.15, 0.2) is 12.1 Å². The Morgan fingerprint density at radius 1 is 1.44 bits per heavy atom. The molecule has 1 aliphatic rings. The topological polar surface area (TPSA) is 38.5 Å². The van der Waals surface area contributed by atoms with E-state index in [-0.39, 0.29) is 11.4 Å². The van der Waals surface area contributed by atoms with Gasteiger partial charge in [-0.15, -0.1) is 0 Å². The van der Waals surface area contributed by atoms with E-state index in [9.17, 15) is 8.78 Å². The van der Waals surface area contributed by atoms with Gasteiger partial charge in [-0.05, 0) is 45.0 Å². The lowest BCUT2D eigenvalue weighted by Gasteiger charge is -2.19. The highest BCUT2D eigenvalue weighted by molar-refractivity contribution is 5.53. The van der Waals surface area contributed by atoms with Crippen LogP contribution < -0.4 is 10.5 Å². The minimum atomic E-state index is -1.00. The van der Waals surface area contributed by atoms with Crippen molar-refractivity contribution in [2.24, 2.45) is 0 Å². The Hall–Kier alpha value is -1.36. The lowest BCUT2D eigenvalue weighted by Crippen LogP contribution is -2.26. The molecule has 2 N–H and O–H groups in total. The maximum atomic E-state index is 13.4. The van der Waals surface area contributed by atoms with Crippen molar-refractivity contribution in [2.75, 3.05) is 25.9 Å². The van der Waals surface area contributed by atoms with E-state index in [0.29, 0.717) is 12.6 Å². The van der Waals surface area contributed by atoms with E-state index in [1.807, 2.05) is 0 Å². The fourth-order valence-corrected chi connectivity index (χ4v) is 2.33. The Bertz CT molecular complexity index is 426. The molecule has 0 aliphatic carbocycles. The number of halogens is 2. The predicted molar refractivity (Wildman–Crippen MR) is 66.5 cm³/mol. The summed E-state index contributed by atoms with van der Waals surface area (Å²) in [4.78, 5) is 2.26. The molecular weight excluding hydrogens is 238 g/mol. The summed E-state index contributed by atoms with van der Waals surface area (Å²) in [6, 6.07) is 2.78. The quantitative estimate of drug-likeness (QED) is 0.841. The van der Waals surface area contributed by atoms with Crippen LogP contribution in [0.1, 0.15) is 19.3 Å². The molecule has 1 heterocycles. The Labute approximate surface area is 106 Å². The molecule has 18 heavy (non-hydrogen) atoms. The summed E-state index contributed by atoms with van der Waals surface area (Å²) in [5.41, 5.74) is 5.70. The summed E-state index contributed by atoms with van der Waals surface area (Å²) in [5.74, 6) is -2.11. The van der Waals surface area contributed by atoms with Crippen molar-refractivity contribution in [3.63, 3.8) is 0 Å². The molecule has 1 atom stereocenters. The third-order valence-corrected chi connectivity index (χ3v) is 3.45. The molecule has 0 aromatic heterocycles. The first-order valence-electron chi connectivity index (χ1n) is 6.16. The normalized spacial score (nSPS) is 20.3. The van der Waals surface area contributed by atoms with Crippen molar-refractivity contribution in [1.29, 1.82) is 0 Å². The molecule has 0 saturated carbocycles. The van der Waals surface area contributed by atoms with Gasteiger partial charge in [0.15, 0.2) is 11.6 Å². The molecule has 100 valence electrons. The first-order valence-corrected chi connectivity index (χ1v) is 6.16. The zero-order chi connectivity index (χ0) is 13.1. The number of rotatable bonds is 4. The lowest BCUT2D eigenvalue weighted by molar-refractivity contribution is 0.227. The van der Waals surface area contributed by atoms with Gasteiger partial charge < -0.3 is 15.4 Å². The largest absolute Gasteiger partial charge is 0.488 e. The molecule has 0 spiro atoms. The number of nitrogen functional groups attached to an aromatic ring is 1. The molecule has 0 radical (unpaired) electrons. The number of benzene rings is 1. The van der Waals surface area contributed by atoms with Gasteiger partial charge in [-0.1, -0.05) is 0 Å². The first-order chi connectivity index (χ1) is 8.59. The molecule has 5 heteroatoms. The van der Waals surface area contributed by atoms with Crippen molar-refractivity contribution in [2.45, 2.75) is 25.3 Å². The van der Waals surface area contributed by atoms with Gasteiger partial charge in [0, 0.05) is 6.04 Å². The number of ether oxygens (including phenoxy) is 1. The molecule has 1 aliphatic heterocycles. The predicted octanol–water partition coefficient (Wildman–Crippen LogP) is 2.41. The van der Waals surface area contributed by atoms with Gasteiger partial charge in [0.25, 0.3) is 0 Å². The highest BCUT2D eigenvalue weighted by atomic mass is 19.2. The molecule has 1 saturated heterocycles. The van der Waals surface area contributed by atoms with Gasteiger partial charge in [-0.25, -0.2) is 4.39 Å². The van der Waals surface area contributed by atoms with E-state index in [2.05, 4.69) is 11.9 Å². The van der Waals surface area contributed by atoms with E-state index in [0.717, 1.165) is 25.5 Å². The van der Waals surface area contributed by atoms with Crippen LogP contribution in [0, 0.1) is 11.6 Å². The SMILES string of the molecule is CN1CCCC1CCOc1c(N)ccc(F)c1F. The minimum Gasteiger partial charge on any atom is -0.488 e. The zero-order valence-corrected chi connectivity index (χ0v) is 10.5. The van der Waals surface area contributed by atoms with Crippen LogP contribution in [0.5, 0.6) is 5.75 Å². The van der Waals surface area contributed by atoms with Crippen molar-refractivity contribution >= 4 is 5.69 Å². The maximum absolute atomic E-state index is 13.4. The smallest absolute Gasteiger partial charge is 0.202 e. The molecule has 2 rings (SSSR count). The van der Waals surface area contributed by atoms with E-state index < -0.39 is 11.6 Å². The van der Waals surface area contributed by atoms with Gasteiger partial charge in [-0.2, -0.15) is 4.39 Å². The summed E-state index contributed by atoms with van der Waals surface area (Å²) >= 11 is 0. The monoisotopic (exact) mass is 256 g/mol.